The van der Waals surface area contributed by atoms with E-state index in [9.17, 15) is 9.59 Å². The summed E-state index contributed by atoms with van der Waals surface area (Å²) < 4.78 is 10.4. The molecule has 0 aliphatic rings. The van der Waals surface area contributed by atoms with Crippen LogP contribution < -0.4 is 0 Å². The van der Waals surface area contributed by atoms with Gasteiger partial charge in [-0.15, -0.1) is 0 Å². The number of hydrogen-bond acceptors (Lipinski definition) is 5. The summed E-state index contributed by atoms with van der Waals surface area (Å²) >= 11 is 0. The van der Waals surface area contributed by atoms with Crippen molar-refractivity contribution < 1.29 is 23.9 Å². The molecule has 0 bridgehead atoms. The van der Waals surface area contributed by atoms with Gasteiger partial charge in [-0.3, -0.25) is 9.63 Å². The number of hydrogen-bond donors (Lipinski definition) is 0. The number of esters is 1. The third-order valence-corrected chi connectivity index (χ3v) is 2.84. The molecule has 0 N–H and O–H groups in total. The van der Waals surface area contributed by atoms with E-state index in [1.165, 1.54) is 0 Å². The van der Waals surface area contributed by atoms with Crippen molar-refractivity contribution >= 4 is 12.1 Å². The van der Waals surface area contributed by atoms with Crippen LogP contribution in [0.5, 0.6) is 0 Å². The van der Waals surface area contributed by atoms with Crippen molar-refractivity contribution in [1.29, 1.82) is 0 Å². The largest absolute Gasteiger partial charge is 0.463 e. The van der Waals surface area contributed by atoms with Gasteiger partial charge in [0.15, 0.2) is 0 Å². The molecule has 6 heteroatoms. The van der Waals surface area contributed by atoms with Crippen molar-refractivity contribution in [2.24, 2.45) is 5.92 Å². The molecule has 0 heterocycles. The molecule has 0 fully saturated rings. The molecule has 0 atom stereocenters. The molecular weight excluding hydrogens is 310 g/mol. The van der Waals surface area contributed by atoms with E-state index in [0.717, 1.165) is 10.6 Å². The zero-order valence-corrected chi connectivity index (χ0v) is 15.1. The topological polar surface area (TPSA) is 65.1 Å². The van der Waals surface area contributed by atoms with Crippen LogP contribution in [0.3, 0.4) is 0 Å². The highest BCUT2D eigenvalue weighted by Gasteiger charge is 2.23. The molecule has 0 unspecified atom stereocenters. The monoisotopic (exact) mass is 337 g/mol. The van der Waals surface area contributed by atoms with Crippen LogP contribution in [0.25, 0.3) is 0 Å². The van der Waals surface area contributed by atoms with Crippen LogP contribution in [0.4, 0.5) is 4.79 Å². The number of rotatable bonds is 7. The highest BCUT2D eigenvalue weighted by Crippen LogP contribution is 2.12. The Labute approximate surface area is 143 Å². The predicted molar refractivity (Wildman–Crippen MR) is 90.0 cm³/mol. The summed E-state index contributed by atoms with van der Waals surface area (Å²) in [5.41, 5.74) is 0.283. The van der Waals surface area contributed by atoms with E-state index in [2.05, 4.69) is 0 Å². The Kier molecular flexibility index (Phi) is 7.71. The van der Waals surface area contributed by atoms with E-state index in [0.29, 0.717) is 0 Å². The van der Waals surface area contributed by atoms with Gasteiger partial charge < -0.3 is 9.47 Å². The molecule has 1 aromatic carbocycles. The molecule has 134 valence electrons. The minimum atomic E-state index is -0.639. The summed E-state index contributed by atoms with van der Waals surface area (Å²) in [6, 6.07) is 9.47. The first-order chi connectivity index (χ1) is 11.2. The molecule has 0 saturated heterocycles. The third kappa shape index (κ3) is 7.97. The Morgan fingerprint density at radius 1 is 1.12 bits per heavy atom. The molecule has 0 aliphatic carbocycles. The van der Waals surface area contributed by atoms with Gasteiger partial charge in [-0.25, -0.2) is 4.79 Å². The van der Waals surface area contributed by atoms with Crippen LogP contribution >= 0.6 is 0 Å². The summed E-state index contributed by atoms with van der Waals surface area (Å²) in [5.74, 6) is -0.535. The molecule has 0 saturated carbocycles. The average molecular weight is 337 g/mol. The lowest BCUT2D eigenvalue weighted by molar-refractivity contribution is -0.169. The fourth-order valence-electron chi connectivity index (χ4n) is 1.64. The highest BCUT2D eigenvalue weighted by molar-refractivity contribution is 5.71. The van der Waals surface area contributed by atoms with E-state index in [-0.39, 0.29) is 31.6 Å². The number of ether oxygens (including phenoxy) is 2. The first-order valence-corrected chi connectivity index (χ1v) is 8.03. The number of benzene rings is 1. The molecular formula is C18H27NO5. The summed E-state index contributed by atoms with van der Waals surface area (Å²) in [6.45, 7) is 9.19. The van der Waals surface area contributed by atoms with Gasteiger partial charge in [0.25, 0.3) is 0 Å². The standard InChI is InChI=1S/C18H27NO5/c1-14(2)16(20)22-12-11-19(17(21)24-18(3,4)5)23-13-15-9-7-6-8-10-15/h6-10,14H,11-13H2,1-5H3. The second kappa shape index (κ2) is 9.27. The fourth-order valence-corrected chi connectivity index (χ4v) is 1.64. The van der Waals surface area contributed by atoms with Crippen LogP contribution in [0, 0.1) is 5.92 Å². The van der Waals surface area contributed by atoms with Crippen LogP contribution in [-0.4, -0.2) is 35.9 Å². The number of nitrogens with zero attached hydrogens (tertiary/aromatic N) is 1. The van der Waals surface area contributed by atoms with Crippen LogP contribution in [0.2, 0.25) is 0 Å². The van der Waals surface area contributed by atoms with E-state index in [4.69, 9.17) is 14.3 Å². The zero-order valence-electron chi connectivity index (χ0n) is 15.1. The minimum Gasteiger partial charge on any atom is -0.463 e. The van der Waals surface area contributed by atoms with E-state index in [1.807, 2.05) is 30.3 Å². The molecule has 0 aromatic heterocycles. The van der Waals surface area contributed by atoms with E-state index >= 15 is 0 Å². The second-order valence-electron chi connectivity index (χ2n) is 6.66. The van der Waals surface area contributed by atoms with E-state index in [1.54, 1.807) is 34.6 Å². The lowest BCUT2D eigenvalue weighted by Crippen LogP contribution is -2.39. The maximum absolute atomic E-state index is 12.2. The van der Waals surface area contributed by atoms with Crippen molar-refractivity contribution in [3.63, 3.8) is 0 Å². The molecule has 6 nitrogen and oxygen atoms in total. The quantitative estimate of drug-likeness (QED) is 0.562. The Hall–Kier alpha value is -2.08. The van der Waals surface area contributed by atoms with Gasteiger partial charge in [0.1, 0.15) is 18.8 Å². The van der Waals surface area contributed by atoms with Crippen LogP contribution in [-0.2, 0) is 25.7 Å². The summed E-state index contributed by atoms with van der Waals surface area (Å²) in [4.78, 5) is 29.3. The van der Waals surface area contributed by atoms with Crippen molar-refractivity contribution in [3.05, 3.63) is 35.9 Å². The first-order valence-electron chi connectivity index (χ1n) is 8.03. The lowest BCUT2D eigenvalue weighted by atomic mass is 10.2. The number of carbonyl (C=O) groups is 2. The number of hydroxylamine groups is 2. The summed E-state index contributed by atoms with van der Waals surface area (Å²) in [5, 5.41) is 1.09. The van der Waals surface area contributed by atoms with Crippen LogP contribution in [0.15, 0.2) is 30.3 Å². The molecule has 1 aromatic rings. The first kappa shape index (κ1) is 20.0. The average Bonchev–Trinajstić information content (AvgIpc) is 2.49. The van der Waals surface area contributed by atoms with Gasteiger partial charge in [0.2, 0.25) is 0 Å². The van der Waals surface area contributed by atoms with Gasteiger partial charge in [-0.2, -0.15) is 5.06 Å². The third-order valence-electron chi connectivity index (χ3n) is 2.84. The van der Waals surface area contributed by atoms with Gasteiger partial charge in [-0.05, 0) is 26.3 Å². The molecule has 24 heavy (non-hydrogen) atoms. The second-order valence-corrected chi connectivity index (χ2v) is 6.66. The molecule has 1 amide bonds. The van der Waals surface area contributed by atoms with Gasteiger partial charge in [-0.1, -0.05) is 44.2 Å². The molecule has 1 rings (SSSR count). The Balaban J connectivity index is 2.61. The van der Waals surface area contributed by atoms with Crippen molar-refractivity contribution in [1.82, 2.24) is 5.06 Å². The SMILES string of the molecule is CC(C)C(=O)OCCN(OCc1ccccc1)C(=O)OC(C)(C)C. The highest BCUT2D eigenvalue weighted by atomic mass is 16.7. The van der Waals surface area contributed by atoms with Gasteiger partial charge in [0, 0.05) is 0 Å². The lowest BCUT2D eigenvalue weighted by Gasteiger charge is -2.26. The van der Waals surface area contributed by atoms with Crippen molar-refractivity contribution in [2.75, 3.05) is 13.2 Å². The smallest absolute Gasteiger partial charge is 0.434 e. The van der Waals surface area contributed by atoms with Crippen molar-refractivity contribution in [2.45, 2.75) is 46.8 Å². The van der Waals surface area contributed by atoms with Crippen LogP contribution in [0.1, 0.15) is 40.2 Å². The Bertz CT molecular complexity index is 522. The molecule has 0 radical (unpaired) electrons. The van der Waals surface area contributed by atoms with Gasteiger partial charge in [0.05, 0.1) is 12.5 Å². The zero-order chi connectivity index (χ0) is 18.2. The normalized spacial score (nSPS) is 11.2. The summed E-state index contributed by atoms with van der Waals surface area (Å²) in [7, 11) is 0. The summed E-state index contributed by atoms with van der Waals surface area (Å²) in [6.07, 6.45) is -0.612. The fraction of sp³-hybridized carbons (Fsp3) is 0.556. The Morgan fingerprint density at radius 2 is 1.75 bits per heavy atom. The maximum Gasteiger partial charge on any atom is 0.434 e. The van der Waals surface area contributed by atoms with Crippen molar-refractivity contribution in [3.8, 4) is 0 Å². The van der Waals surface area contributed by atoms with E-state index < -0.39 is 11.7 Å². The maximum atomic E-state index is 12.2. The number of amides is 1. The number of carbonyl (C=O) groups excluding carboxylic acids is 2. The minimum absolute atomic E-state index is 0.0467. The molecule has 0 aliphatic heterocycles. The molecule has 0 spiro atoms. The Morgan fingerprint density at radius 3 is 2.29 bits per heavy atom. The predicted octanol–water partition coefficient (Wildman–Crippen LogP) is 3.55. The van der Waals surface area contributed by atoms with Gasteiger partial charge >= 0.3 is 12.1 Å².